The highest BCUT2D eigenvalue weighted by Crippen LogP contribution is 2.32. The van der Waals surface area contributed by atoms with Crippen LogP contribution in [-0.4, -0.2) is 14.3 Å². The largest absolute Gasteiger partial charge is 0.356 e. The monoisotopic (exact) mass is 351 g/mol. The number of halogens is 1. The fourth-order valence-corrected chi connectivity index (χ4v) is 2.39. The van der Waals surface area contributed by atoms with Crippen molar-refractivity contribution in [2.45, 2.75) is 32.2 Å². The molecule has 0 radical (unpaired) electrons. The van der Waals surface area contributed by atoms with Crippen molar-refractivity contribution in [2.24, 2.45) is 0 Å². The van der Waals surface area contributed by atoms with Crippen molar-refractivity contribution in [3.05, 3.63) is 61.3 Å². The van der Waals surface area contributed by atoms with Crippen molar-refractivity contribution in [1.29, 1.82) is 0 Å². The molecular weight excluding hydrogens is 338 g/mol. The van der Waals surface area contributed by atoms with Gasteiger partial charge in [0.25, 0.3) is 5.56 Å². The van der Waals surface area contributed by atoms with Crippen LogP contribution in [-0.2, 0) is 18.1 Å². The van der Waals surface area contributed by atoms with Crippen LogP contribution in [0.4, 0.5) is 0 Å². The standard InChI is InChI=1S/C14H14BrN3O3/c15-12-13(19)17(14(20)18(16-12)11-6-7-11)9-21-8-10-4-2-1-3-5-10/h1-5,11H,6-9H2. The van der Waals surface area contributed by atoms with Gasteiger partial charge < -0.3 is 4.74 Å². The molecule has 0 saturated heterocycles. The van der Waals surface area contributed by atoms with Gasteiger partial charge in [0.1, 0.15) is 6.73 Å². The predicted octanol–water partition coefficient (Wildman–Crippen LogP) is 1.68. The van der Waals surface area contributed by atoms with Crippen LogP contribution in [0.2, 0.25) is 0 Å². The Morgan fingerprint density at radius 2 is 1.95 bits per heavy atom. The molecule has 1 saturated carbocycles. The first-order chi connectivity index (χ1) is 10.2. The average Bonchev–Trinajstić information content (AvgIpc) is 3.32. The second-order valence-corrected chi connectivity index (χ2v) is 5.70. The lowest BCUT2D eigenvalue weighted by molar-refractivity contribution is 0.0568. The van der Waals surface area contributed by atoms with Gasteiger partial charge in [-0.15, -0.1) is 0 Å². The molecule has 3 rings (SSSR count). The van der Waals surface area contributed by atoms with Gasteiger partial charge >= 0.3 is 5.69 Å². The minimum absolute atomic E-state index is 0.0829. The zero-order chi connectivity index (χ0) is 14.8. The lowest BCUT2D eigenvalue weighted by Crippen LogP contribution is -2.42. The summed E-state index contributed by atoms with van der Waals surface area (Å²) < 4.78 is 8.04. The number of benzene rings is 1. The summed E-state index contributed by atoms with van der Waals surface area (Å²) in [6.45, 7) is 0.260. The van der Waals surface area contributed by atoms with Gasteiger partial charge in [0.2, 0.25) is 0 Å². The maximum Gasteiger partial charge on any atom is 0.349 e. The van der Waals surface area contributed by atoms with Crippen molar-refractivity contribution in [3.63, 3.8) is 0 Å². The summed E-state index contributed by atoms with van der Waals surface area (Å²) >= 11 is 3.10. The second kappa shape index (κ2) is 5.95. The molecule has 1 fully saturated rings. The summed E-state index contributed by atoms with van der Waals surface area (Å²) in [5.74, 6) is 0. The maximum atomic E-state index is 12.2. The Kier molecular flexibility index (Phi) is 4.03. The fourth-order valence-electron chi connectivity index (χ4n) is 2.00. The van der Waals surface area contributed by atoms with Gasteiger partial charge in [0.15, 0.2) is 4.60 Å². The van der Waals surface area contributed by atoms with E-state index in [1.807, 2.05) is 30.3 Å². The van der Waals surface area contributed by atoms with E-state index in [1.165, 1.54) is 4.68 Å². The van der Waals surface area contributed by atoms with E-state index in [4.69, 9.17) is 4.74 Å². The number of hydrogen-bond acceptors (Lipinski definition) is 4. The van der Waals surface area contributed by atoms with Crippen LogP contribution in [0.5, 0.6) is 0 Å². The Morgan fingerprint density at radius 1 is 1.24 bits per heavy atom. The molecule has 21 heavy (non-hydrogen) atoms. The molecule has 1 heterocycles. The van der Waals surface area contributed by atoms with E-state index in [0.29, 0.717) is 6.61 Å². The third-order valence-electron chi connectivity index (χ3n) is 3.27. The summed E-state index contributed by atoms with van der Waals surface area (Å²) in [6.07, 6.45) is 1.84. The normalized spacial score (nSPS) is 14.3. The zero-order valence-corrected chi connectivity index (χ0v) is 12.8. The third-order valence-corrected chi connectivity index (χ3v) is 3.77. The van der Waals surface area contributed by atoms with Gasteiger partial charge in [-0.05, 0) is 34.3 Å². The molecule has 1 aromatic heterocycles. The lowest BCUT2D eigenvalue weighted by atomic mass is 10.2. The van der Waals surface area contributed by atoms with Crippen molar-refractivity contribution >= 4 is 15.9 Å². The summed E-state index contributed by atoms with van der Waals surface area (Å²) in [5.41, 5.74) is 0.102. The SMILES string of the molecule is O=c1c(Br)nn(C2CC2)c(=O)n1COCc1ccccc1. The highest BCUT2D eigenvalue weighted by molar-refractivity contribution is 9.10. The molecule has 1 aliphatic rings. The zero-order valence-electron chi connectivity index (χ0n) is 11.2. The van der Waals surface area contributed by atoms with Crippen LogP contribution in [0.15, 0.2) is 44.5 Å². The Hall–Kier alpha value is -1.73. The van der Waals surface area contributed by atoms with Crippen molar-refractivity contribution in [2.75, 3.05) is 0 Å². The van der Waals surface area contributed by atoms with Gasteiger partial charge in [-0.3, -0.25) is 4.79 Å². The van der Waals surface area contributed by atoms with Crippen molar-refractivity contribution in [1.82, 2.24) is 14.3 Å². The van der Waals surface area contributed by atoms with Gasteiger partial charge in [0.05, 0.1) is 12.6 Å². The molecule has 0 spiro atoms. The molecule has 1 aliphatic carbocycles. The van der Waals surface area contributed by atoms with Gasteiger partial charge in [-0.1, -0.05) is 30.3 Å². The van der Waals surface area contributed by atoms with E-state index in [9.17, 15) is 9.59 Å². The Morgan fingerprint density at radius 3 is 2.62 bits per heavy atom. The molecule has 7 heteroatoms. The second-order valence-electron chi connectivity index (χ2n) is 4.95. The van der Waals surface area contributed by atoms with Crippen molar-refractivity contribution < 1.29 is 4.74 Å². The minimum atomic E-state index is -0.468. The molecule has 0 N–H and O–H groups in total. The first kappa shape index (κ1) is 14.2. The topological polar surface area (TPSA) is 66.1 Å². The van der Waals surface area contributed by atoms with Crippen LogP contribution in [0, 0.1) is 0 Å². The number of nitrogens with zero attached hydrogens (tertiary/aromatic N) is 3. The molecule has 2 aromatic rings. The van der Waals surface area contributed by atoms with Crippen LogP contribution < -0.4 is 11.2 Å². The van der Waals surface area contributed by atoms with E-state index in [2.05, 4.69) is 21.0 Å². The molecular formula is C14H14BrN3O3. The van der Waals surface area contributed by atoms with Gasteiger partial charge in [0, 0.05) is 0 Å². The Labute approximate surface area is 129 Å². The summed E-state index contributed by atoms with van der Waals surface area (Å²) in [4.78, 5) is 24.2. The van der Waals surface area contributed by atoms with E-state index in [1.54, 1.807) is 0 Å². The highest BCUT2D eigenvalue weighted by Gasteiger charge is 2.28. The molecule has 0 bridgehead atoms. The maximum absolute atomic E-state index is 12.2. The molecule has 0 amide bonds. The molecule has 0 atom stereocenters. The van der Waals surface area contributed by atoms with E-state index in [-0.39, 0.29) is 17.4 Å². The third kappa shape index (κ3) is 3.14. The molecule has 6 nitrogen and oxygen atoms in total. The molecule has 1 aromatic carbocycles. The van der Waals surface area contributed by atoms with Crippen LogP contribution in [0.3, 0.4) is 0 Å². The minimum Gasteiger partial charge on any atom is -0.356 e. The Bertz CT molecular complexity index is 750. The summed E-state index contributed by atoms with van der Waals surface area (Å²) in [7, 11) is 0. The van der Waals surface area contributed by atoms with E-state index >= 15 is 0 Å². The van der Waals surface area contributed by atoms with Crippen LogP contribution in [0.1, 0.15) is 24.4 Å². The lowest BCUT2D eigenvalue weighted by Gasteiger charge is -2.10. The van der Waals surface area contributed by atoms with Crippen LogP contribution in [0.25, 0.3) is 0 Å². The first-order valence-corrected chi connectivity index (χ1v) is 7.47. The molecule has 0 aliphatic heterocycles. The quantitative estimate of drug-likeness (QED) is 0.821. The Balaban J connectivity index is 1.78. The fraction of sp³-hybridized carbons (Fsp3) is 0.357. The van der Waals surface area contributed by atoms with E-state index in [0.717, 1.165) is 23.0 Å². The number of hydrogen-bond donors (Lipinski definition) is 0. The van der Waals surface area contributed by atoms with Crippen molar-refractivity contribution in [3.8, 4) is 0 Å². The highest BCUT2D eigenvalue weighted by atomic mass is 79.9. The summed E-state index contributed by atoms with van der Waals surface area (Å²) in [6, 6.07) is 9.70. The number of rotatable bonds is 5. The first-order valence-electron chi connectivity index (χ1n) is 6.67. The smallest absolute Gasteiger partial charge is 0.349 e. The number of ether oxygens (including phenoxy) is 1. The van der Waals surface area contributed by atoms with Gasteiger partial charge in [-0.25, -0.2) is 14.0 Å². The number of aromatic nitrogens is 3. The molecule has 110 valence electrons. The molecule has 0 unspecified atom stereocenters. The van der Waals surface area contributed by atoms with Crippen LogP contribution >= 0.6 is 15.9 Å². The van der Waals surface area contributed by atoms with E-state index < -0.39 is 11.2 Å². The summed E-state index contributed by atoms with van der Waals surface area (Å²) in [5, 5.41) is 3.99. The average molecular weight is 352 g/mol. The predicted molar refractivity (Wildman–Crippen MR) is 80.0 cm³/mol. The van der Waals surface area contributed by atoms with Gasteiger partial charge in [-0.2, -0.15) is 5.10 Å².